The van der Waals surface area contributed by atoms with Gasteiger partial charge in [0.25, 0.3) is 0 Å². The number of carbonyl (C=O) groups excluding carboxylic acids is 1. The van der Waals surface area contributed by atoms with Crippen molar-refractivity contribution in [1.82, 2.24) is 0 Å². The van der Waals surface area contributed by atoms with Gasteiger partial charge in [0.05, 0.1) is 13.0 Å². The molecule has 0 saturated heterocycles. The van der Waals surface area contributed by atoms with Crippen molar-refractivity contribution < 1.29 is 19.4 Å². The number of benzene rings is 1. The van der Waals surface area contributed by atoms with E-state index in [0.29, 0.717) is 13.0 Å². The number of ether oxygens (including phenoxy) is 1. The first-order valence-corrected chi connectivity index (χ1v) is 6.24. The average molecular weight is 262 g/mol. The molecule has 102 valence electrons. The van der Waals surface area contributed by atoms with Gasteiger partial charge in [0.2, 0.25) is 0 Å². The van der Waals surface area contributed by atoms with Crippen LogP contribution in [-0.4, -0.2) is 23.7 Å². The molecule has 0 aliphatic carbocycles. The topological polar surface area (TPSA) is 63.6 Å². The minimum Gasteiger partial charge on any atom is -0.481 e. The van der Waals surface area contributed by atoms with Crippen molar-refractivity contribution >= 4 is 18.0 Å². The van der Waals surface area contributed by atoms with Gasteiger partial charge in [-0.15, -0.1) is 0 Å². The van der Waals surface area contributed by atoms with Crippen LogP contribution in [0.25, 0.3) is 6.08 Å². The lowest BCUT2D eigenvalue weighted by Gasteiger charge is -2.01. The molecule has 0 heterocycles. The number of carboxylic acids is 1. The maximum absolute atomic E-state index is 11.1. The first-order chi connectivity index (χ1) is 9.11. The van der Waals surface area contributed by atoms with Crippen LogP contribution in [0.1, 0.15) is 30.9 Å². The van der Waals surface area contributed by atoms with E-state index in [4.69, 9.17) is 9.84 Å². The van der Waals surface area contributed by atoms with Crippen molar-refractivity contribution in [2.45, 2.75) is 26.2 Å². The van der Waals surface area contributed by atoms with Gasteiger partial charge in [-0.2, -0.15) is 0 Å². The summed E-state index contributed by atoms with van der Waals surface area (Å²) in [6, 6.07) is 7.60. The van der Waals surface area contributed by atoms with Crippen molar-refractivity contribution in [3.8, 4) is 0 Å². The second kappa shape index (κ2) is 8.08. The third-order valence-corrected chi connectivity index (χ3v) is 2.48. The van der Waals surface area contributed by atoms with E-state index in [2.05, 4.69) is 0 Å². The molecule has 0 radical (unpaired) electrons. The van der Waals surface area contributed by atoms with Crippen LogP contribution in [0.4, 0.5) is 0 Å². The van der Waals surface area contributed by atoms with E-state index in [1.54, 1.807) is 13.0 Å². The molecule has 4 heteroatoms. The third-order valence-electron chi connectivity index (χ3n) is 2.48. The van der Waals surface area contributed by atoms with Crippen molar-refractivity contribution in [2.24, 2.45) is 0 Å². The van der Waals surface area contributed by atoms with Gasteiger partial charge in [0, 0.05) is 6.42 Å². The molecule has 0 aliphatic rings. The fourth-order valence-electron chi connectivity index (χ4n) is 1.61. The van der Waals surface area contributed by atoms with Gasteiger partial charge in [-0.3, -0.25) is 9.59 Å². The summed E-state index contributed by atoms with van der Waals surface area (Å²) in [6.45, 7) is 2.16. The molecule has 1 rings (SSSR count). The van der Waals surface area contributed by atoms with Gasteiger partial charge in [0.15, 0.2) is 0 Å². The second-order valence-corrected chi connectivity index (χ2v) is 4.05. The molecule has 19 heavy (non-hydrogen) atoms. The van der Waals surface area contributed by atoms with E-state index in [-0.39, 0.29) is 18.8 Å². The Hall–Kier alpha value is -2.10. The van der Waals surface area contributed by atoms with Crippen molar-refractivity contribution in [3.63, 3.8) is 0 Å². The molecule has 0 saturated carbocycles. The second-order valence-electron chi connectivity index (χ2n) is 4.05. The standard InChI is InChI=1S/C15H18O4/c1-2-19-15(18)8-4-7-12-5-3-6-13(11-12)9-10-14(16)17/h3-7,11H,2,8-10H2,1H3,(H,16,17). The molecule has 1 N–H and O–H groups in total. The number of esters is 1. The molecular formula is C15H18O4. The van der Waals surface area contributed by atoms with Gasteiger partial charge in [-0.1, -0.05) is 36.4 Å². The maximum Gasteiger partial charge on any atom is 0.309 e. The quantitative estimate of drug-likeness (QED) is 0.767. The Morgan fingerprint density at radius 1 is 1.37 bits per heavy atom. The lowest BCUT2D eigenvalue weighted by molar-refractivity contribution is -0.142. The number of rotatable bonds is 7. The first kappa shape index (κ1) is 15.0. The molecule has 0 spiro atoms. The summed E-state index contributed by atoms with van der Waals surface area (Å²) in [4.78, 5) is 21.6. The summed E-state index contributed by atoms with van der Waals surface area (Å²) in [5.74, 6) is -1.05. The monoisotopic (exact) mass is 262 g/mol. The van der Waals surface area contributed by atoms with Gasteiger partial charge in [-0.05, 0) is 24.5 Å². The van der Waals surface area contributed by atoms with E-state index < -0.39 is 5.97 Å². The largest absolute Gasteiger partial charge is 0.481 e. The molecule has 1 aromatic rings. The molecular weight excluding hydrogens is 244 g/mol. The van der Waals surface area contributed by atoms with E-state index in [1.165, 1.54) is 0 Å². The van der Waals surface area contributed by atoms with E-state index in [0.717, 1.165) is 11.1 Å². The lowest BCUT2D eigenvalue weighted by Crippen LogP contribution is -2.01. The van der Waals surface area contributed by atoms with Gasteiger partial charge < -0.3 is 9.84 Å². The Kier molecular flexibility index (Phi) is 6.36. The molecule has 0 bridgehead atoms. The zero-order valence-corrected chi connectivity index (χ0v) is 11.0. The summed E-state index contributed by atoms with van der Waals surface area (Å²) in [7, 11) is 0. The van der Waals surface area contributed by atoms with Crippen LogP contribution in [0.3, 0.4) is 0 Å². The SMILES string of the molecule is CCOC(=O)CC=Cc1cccc(CCC(=O)O)c1. The van der Waals surface area contributed by atoms with Crippen LogP contribution in [0.5, 0.6) is 0 Å². The van der Waals surface area contributed by atoms with E-state index >= 15 is 0 Å². The van der Waals surface area contributed by atoms with Crippen molar-refractivity contribution in [1.29, 1.82) is 0 Å². The highest BCUT2D eigenvalue weighted by molar-refractivity contribution is 5.72. The number of aliphatic carboxylic acids is 1. The fourth-order valence-corrected chi connectivity index (χ4v) is 1.61. The van der Waals surface area contributed by atoms with Gasteiger partial charge in [-0.25, -0.2) is 0 Å². The number of carbonyl (C=O) groups is 2. The highest BCUT2D eigenvalue weighted by Crippen LogP contribution is 2.10. The van der Waals surface area contributed by atoms with Crippen LogP contribution in [0, 0.1) is 0 Å². The normalized spacial score (nSPS) is 10.6. The van der Waals surface area contributed by atoms with Gasteiger partial charge in [0.1, 0.15) is 0 Å². The molecule has 0 aromatic heterocycles. The highest BCUT2D eigenvalue weighted by atomic mass is 16.5. The third kappa shape index (κ3) is 6.41. The smallest absolute Gasteiger partial charge is 0.309 e. The Bertz CT molecular complexity index is 463. The number of aryl methyl sites for hydroxylation is 1. The zero-order valence-electron chi connectivity index (χ0n) is 11.0. The van der Waals surface area contributed by atoms with Crippen LogP contribution < -0.4 is 0 Å². The van der Waals surface area contributed by atoms with Crippen molar-refractivity contribution in [2.75, 3.05) is 6.61 Å². The molecule has 0 atom stereocenters. The number of carboxylic acid groups (broad SMARTS) is 1. The molecule has 0 unspecified atom stereocenters. The Morgan fingerprint density at radius 3 is 2.84 bits per heavy atom. The molecule has 4 nitrogen and oxygen atoms in total. The van der Waals surface area contributed by atoms with Crippen LogP contribution >= 0.6 is 0 Å². The predicted molar refractivity (Wildman–Crippen MR) is 72.7 cm³/mol. The Balaban J connectivity index is 2.54. The van der Waals surface area contributed by atoms with Crippen molar-refractivity contribution in [3.05, 3.63) is 41.5 Å². The Morgan fingerprint density at radius 2 is 2.16 bits per heavy atom. The zero-order chi connectivity index (χ0) is 14.1. The average Bonchev–Trinajstić information content (AvgIpc) is 2.37. The Labute approximate surface area is 112 Å². The number of hydrogen-bond acceptors (Lipinski definition) is 3. The molecule has 0 amide bonds. The molecule has 0 aliphatic heterocycles. The van der Waals surface area contributed by atoms with E-state index in [9.17, 15) is 9.59 Å². The first-order valence-electron chi connectivity index (χ1n) is 6.24. The fraction of sp³-hybridized carbons (Fsp3) is 0.333. The van der Waals surface area contributed by atoms with Gasteiger partial charge >= 0.3 is 11.9 Å². The summed E-state index contributed by atoms with van der Waals surface area (Å²) >= 11 is 0. The lowest BCUT2D eigenvalue weighted by atomic mass is 10.1. The highest BCUT2D eigenvalue weighted by Gasteiger charge is 2.00. The van der Waals surface area contributed by atoms with Crippen LogP contribution in [-0.2, 0) is 20.7 Å². The van der Waals surface area contributed by atoms with Crippen LogP contribution in [0.15, 0.2) is 30.3 Å². The summed E-state index contributed by atoms with van der Waals surface area (Å²) in [5, 5.41) is 8.63. The maximum atomic E-state index is 11.1. The summed E-state index contributed by atoms with van der Waals surface area (Å²) in [5.41, 5.74) is 1.92. The summed E-state index contributed by atoms with van der Waals surface area (Å²) < 4.78 is 4.81. The summed E-state index contributed by atoms with van der Waals surface area (Å²) in [6.07, 6.45) is 4.45. The van der Waals surface area contributed by atoms with Crippen LogP contribution in [0.2, 0.25) is 0 Å². The van der Waals surface area contributed by atoms with E-state index in [1.807, 2.05) is 30.3 Å². The molecule has 1 aromatic carbocycles. The minimum atomic E-state index is -0.803. The minimum absolute atomic E-state index is 0.121. The predicted octanol–water partition coefficient (Wildman–Crippen LogP) is 2.67. The molecule has 0 fully saturated rings. The number of hydrogen-bond donors (Lipinski definition) is 1.